The van der Waals surface area contributed by atoms with Gasteiger partial charge in [-0.15, -0.1) is 0 Å². The van der Waals surface area contributed by atoms with E-state index in [9.17, 15) is 0 Å². The highest BCUT2D eigenvalue weighted by molar-refractivity contribution is 7.00. The Morgan fingerprint density at radius 1 is 1.05 bits per heavy atom. The van der Waals surface area contributed by atoms with Crippen LogP contribution in [-0.4, -0.2) is 34.9 Å². The first-order valence-corrected chi connectivity index (χ1v) is 7.12. The van der Waals surface area contributed by atoms with Crippen molar-refractivity contribution in [3.63, 3.8) is 0 Å². The summed E-state index contributed by atoms with van der Waals surface area (Å²) >= 11 is 1.23. The third kappa shape index (κ3) is 1.91. The van der Waals surface area contributed by atoms with Crippen LogP contribution in [0.5, 0.6) is 0 Å². The molecule has 0 aliphatic carbocycles. The van der Waals surface area contributed by atoms with Gasteiger partial charge in [0.15, 0.2) is 0 Å². The van der Waals surface area contributed by atoms with Crippen molar-refractivity contribution in [3.8, 4) is 0 Å². The Kier molecular flexibility index (Phi) is 2.78. The molecule has 0 unspecified atom stereocenters. The number of rotatable bonds is 1. The molecule has 0 atom stereocenters. The first-order chi connectivity index (χ1) is 8.82. The monoisotopic (exact) mass is 274 g/mol. The molecule has 0 saturated carbocycles. The van der Waals surface area contributed by atoms with E-state index in [1.54, 1.807) is 0 Å². The van der Waals surface area contributed by atoms with Crippen molar-refractivity contribution in [1.82, 2.24) is 8.75 Å². The molecule has 0 radical (unpaired) electrons. The fourth-order valence-electron chi connectivity index (χ4n) is 2.17. The highest BCUT2D eigenvalue weighted by Crippen LogP contribution is 2.36. The molecule has 1 aromatic carbocycles. The third-order valence-electron chi connectivity index (χ3n) is 4.16. The van der Waals surface area contributed by atoms with Gasteiger partial charge in [-0.05, 0) is 27.7 Å². The van der Waals surface area contributed by atoms with Crippen molar-refractivity contribution < 1.29 is 9.31 Å². The highest BCUT2D eigenvalue weighted by Gasteiger charge is 2.52. The topological polar surface area (TPSA) is 44.2 Å². The lowest BCUT2D eigenvalue weighted by molar-refractivity contribution is 0.00578. The van der Waals surface area contributed by atoms with E-state index in [1.165, 1.54) is 11.7 Å². The first-order valence-electron chi connectivity index (χ1n) is 6.39. The SMILES string of the molecule is Bc1ccc(B2OC(C)(C)C(C)(C)O2)c2nsnc12. The van der Waals surface area contributed by atoms with Crippen LogP contribution in [0.15, 0.2) is 12.1 Å². The van der Waals surface area contributed by atoms with Gasteiger partial charge in [0.1, 0.15) is 13.4 Å². The number of aromatic nitrogens is 2. The van der Waals surface area contributed by atoms with E-state index < -0.39 is 0 Å². The van der Waals surface area contributed by atoms with Crippen LogP contribution in [0.3, 0.4) is 0 Å². The van der Waals surface area contributed by atoms with E-state index in [4.69, 9.17) is 9.31 Å². The number of hydrogen-bond donors (Lipinski definition) is 0. The average molecular weight is 274 g/mol. The summed E-state index contributed by atoms with van der Waals surface area (Å²) in [5, 5.41) is 0. The van der Waals surface area contributed by atoms with Crippen molar-refractivity contribution in [2.24, 2.45) is 0 Å². The molecular weight excluding hydrogens is 258 g/mol. The lowest BCUT2D eigenvalue weighted by Gasteiger charge is -2.32. The third-order valence-corrected chi connectivity index (χ3v) is 4.68. The van der Waals surface area contributed by atoms with Crippen molar-refractivity contribution in [2.75, 3.05) is 0 Å². The lowest BCUT2D eigenvalue weighted by Crippen LogP contribution is -2.41. The van der Waals surface area contributed by atoms with Crippen LogP contribution in [-0.2, 0) is 9.31 Å². The predicted molar refractivity (Wildman–Crippen MR) is 81.3 cm³/mol. The average Bonchev–Trinajstić information content (AvgIpc) is 2.84. The minimum atomic E-state index is -0.378. The summed E-state index contributed by atoms with van der Waals surface area (Å²) in [6, 6.07) is 4.07. The molecule has 4 nitrogen and oxygen atoms in total. The molecule has 3 rings (SSSR count). The summed E-state index contributed by atoms with van der Waals surface area (Å²) < 4.78 is 20.9. The molecule has 1 saturated heterocycles. The Labute approximate surface area is 118 Å². The molecule has 1 aromatic heterocycles. The van der Waals surface area contributed by atoms with Crippen LogP contribution < -0.4 is 10.9 Å². The molecule has 98 valence electrons. The molecule has 1 fully saturated rings. The van der Waals surface area contributed by atoms with Gasteiger partial charge in [0.25, 0.3) is 0 Å². The molecule has 0 N–H and O–H groups in total. The van der Waals surface area contributed by atoms with E-state index in [0.29, 0.717) is 0 Å². The number of nitrogens with zero attached hydrogens (tertiary/aromatic N) is 2. The van der Waals surface area contributed by atoms with Crippen molar-refractivity contribution in [1.29, 1.82) is 0 Å². The molecule has 1 aliphatic heterocycles. The Balaban J connectivity index is 2.08. The minimum absolute atomic E-state index is 0.335. The van der Waals surface area contributed by atoms with Gasteiger partial charge in [0, 0.05) is 5.46 Å². The molecule has 1 aliphatic rings. The second-order valence-corrected chi connectivity index (χ2v) is 6.55. The zero-order valence-electron chi connectivity index (χ0n) is 11.9. The van der Waals surface area contributed by atoms with Gasteiger partial charge in [0.05, 0.1) is 28.4 Å². The molecule has 19 heavy (non-hydrogen) atoms. The normalized spacial score (nSPS) is 21.2. The molecule has 2 aromatic rings. The zero-order chi connectivity index (χ0) is 13.8. The highest BCUT2D eigenvalue weighted by atomic mass is 32.1. The smallest absolute Gasteiger partial charge is 0.399 e. The van der Waals surface area contributed by atoms with E-state index in [0.717, 1.165) is 22.0 Å². The summed E-state index contributed by atoms with van der Waals surface area (Å²) in [6.07, 6.45) is 0. The van der Waals surface area contributed by atoms with E-state index in [2.05, 4.69) is 36.4 Å². The van der Waals surface area contributed by atoms with Gasteiger partial charge in [0.2, 0.25) is 0 Å². The fourth-order valence-corrected chi connectivity index (χ4v) is 2.80. The van der Waals surface area contributed by atoms with E-state index in [-0.39, 0.29) is 18.3 Å². The van der Waals surface area contributed by atoms with Crippen LogP contribution in [0, 0.1) is 0 Å². The van der Waals surface area contributed by atoms with Gasteiger partial charge < -0.3 is 9.31 Å². The Morgan fingerprint density at radius 3 is 2.26 bits per heavy atom. The van der Waals surface area contributed by atoms with Crippen LogP contribution in [0.25, 0.3) is 11.0 Å². The predicted octanol–water partition coefficient (Wildman–Crippen LogP) is 0.249. The van der Waals surface area contributed by atoms with Crippen LogP contribution in [0.4, 0.5) is 0 Å². The van der Waals surface area contributed by atoms with Crippen LogP contribution >= 0.6 is 11.7 Å². The van der Waals surface area contributed by atoms with E-state index >= 15 is 0 Å². The van der Waals surface area contributed by atoms with Gasteiger partial charge in [-0.3, -0.25) is 0 Å². The Morgan fingerprint density at radius 2 is 1.63 bits per heavy atom. The van der Waals surface area contributed by atoms with E-state index in [1.807, 2.05) is 20.0 Å². The van der Waals surface area contributed by atoms with Gasteiger partial charge in [-0.25, -0.2) is 0 Å². The number of hydrogen-bond acceptors (Lipinski definition) is 5. The zero-order valence-corrected chi connectivity index (χ0v) is 12.7. The lowest BCUT2D eigenvalue weighted by atomic mass is 9.76. The van der Waals surface area contributed by atoms with Gasteiger partial charge in [-0.2, -0.15) is 8.75 Å². The van der Waals surface area contributed by atoms with Crippen molar-refractivity contribution in [2.45, 2.75) is 38.9 Å². The minimum Gasteiger partial charge on any atom is -0.399 e. The van der Waals surface area contributed by atoms with Crippen LogP contribution in [0.2, 0.25) is 0 Å². The van der Waals surface area contributed by atoms with Crippen molar-refractivity contribution >= 4 is 48.7 Å². The summed E-state index contributed by atoms with van der Waals surface area (Å²) in [4.78, 5) is 0. The van der Waals surface area contributed by atoms with Gasteiger partial charge >= 0.3 is 7.12 Å². The Bertz CT molecular complexity index is 626. The summed E-state index contributed by atoms with van der Waals surface area (Å²) in [5.41, 5.74) is 3.26. The molecule has 0 amide bonds. The maximum absolute atomic E-state index is 6.08. The largest absolute Gasteiger partial charge is 0.497 e. The molecule has 2 heterocycles. The molecule has 7 heteroatoms. The number of benzene rings is 1. The second kappa shape index (κ2) is 4.04. The fraction of sp³-hybridized carbons (Fsp3) is 0.500. The van der Waals surface area contributed by atoms with Gasteiger partial charge in [-0.1, -0.05) is 17.6 Å². The molecule has 0 bridgehead atoms. The summed E-state index contributed by atoms with van der Waals surface area (Å²) in [6.45, 7) is 8.21. The molecular formula is C12H16B2N2O2S. The maximum Gasteiger partial charge on any atom is 0.497 e. The van der Waals surface area contributed by atoms with Crippen LogP contribution in [0.1, 0.15) is 27.7 Å². The number of fused-ring (bicyclic) bond motifs is 1. The molecule has 0 spiro atoms. The summed E-state index contributed by atoms with van der Waals surface area (Å²) in [7, 11) is 1.66. The Hall–Kier alpha value is -0.910. The second-order valence-electron chi connectivity index (χ2n) is 6.02. The first kappa shape index (κ1) is 13.1. The van der Waals surface area contributed by atoms with Crippen molar-refractivity contribution in [3.05, 3.63) is 12.1 Å². The quantitative estimate of drug-likeness (QED) is 0.699. The standard InChI is InChI=1S/C12H16B2N2O2S/c1-11(2)12(3,4)18-14(17-11)8-6-5-7(13)9-10(8)16-19-15-9/h5-6H,13H2,1-4H3. The summed E-state index contributed by atoms with van der Waals surface area (Å²) in [5.74, 6) is 0. The maximum atomic E-state index is 6.08.